The summed E-state index contributed by atoms with van der Waals surface area (Å²) in [4.78, 5) is 21.3. The zero-order valence-electron chi connectivity index (χ0n) is 17.5. The van der Waals surface area contributed by atoms with Crippen LogP contribution in [0.25, 0.3) is 16.7 Å². The number of aromatic amines is 1. The number of nitrogens with one attached hydrogen (secondary N) is 2. The van der Waals surface area contributed by atoms with Gasteiger partial charge in [0.1, 0.15) is 11.6 Å². The number of fused-ring (bicyclic) bond motifs is 2. The highest BCUT2D eigenvalue weighted by molar-refractivity contribution is 5.94. The number of hydrogen-bond acceptors (Lipinski definition) is 3. The Morgan fingerprint density at radius 3 is 2.65 bits per heavy atom. The van der Waals surface area contributed by atoms with Crippen LogP contribution in [0.1, 0.15) is 53.9 Å². The lowest BCUT2D eigenvalue weighted by molar-refractivity contribution is 0.0917. The number of para-hydroxylation sites is 2. The monoisotopic (exact) mass is 417 g/mol. The van der Waals surface area contributed by atoms with Gasteiger partial charge in [-0.25, -0.2) is 14.1 Å². The molecule has 1 atom stereocenters. The van der Waals surface area contributed by atoms with Crippen LogP contribution in [0.3, 0.4) is 0 Å². The van der Waals surface area contributed by atoms with Crippen LogP contribution in [0.15, 0.2) is 48.5 Å². The first-order valence-electron chi connectivity index (χ1n) is 10.6. The number of amides is 1. The Hall–Kier alpha value is -3.48. The number of imidazole rings is 1. The van der Waals surface area contributed by atoms with Crippen molar-refractivity contribution in [2.24, 2.45) is 5.92 Å². The lowest BCUT2D eigenvalue weighted by Gasteiger charge is -2.20. The summed E-state index contributed by atoms with van der Waals surface area (Å²) in [6.45, 7) is 4.11. The van der Waals surface area contributed by atoms with E-state index in [4.69, 9.17) is 0 Å². The highest BCUT2D eigenvalue weighted by Crippen LogP contribution is 2.29. The Kier molecular flexibility index (Phi) is 4.81. The molecule has 0 saturated heterocycles. The van der Waals surface area contributed by atoms with Crippen LogP contribution < -0.4 is 5.32 Å². The summed E-state index contributed by atoms with van der Waals surface area (Å²) in [6.07, 6.45) is 2.65. The fraction of sp³-hybridized carbons (Fsp3) is 0.292. The van der Waals surface area contributed by atoms with Crippen LogP contribution in [-0.4, -0.2) is 25.7 Å². The van der Waals surface area contributed by atoms with Gasteiger partial charge in [-0.2, -0.15) is 5.10 Å². The minimum Gasteiger partial charge on any atom is -0.340 e. The number of H-pyrrole nitrogens is 1. The van der Waals surface area contributed by atoms with Gasteiger partial charge in [0.05, 0.1) is 22.8 Å². The van der Waals surface area contributed by atoms with Crippen molar-refractivity contribution >= 4 is 16.9 Å². The normalized spacial score (nSPS) is 14.2. The third-order valence-electron chi connectivity index (χ3n) is 5.87. The van der Waals surface area contributed by atoms with Gasteiger partial charge in [0.15, 0.2) is 5.69 Å². The van der Waals surface area contributed by atoms with Gasteiger partial charge in [-0.1, -0.05) is 26.0 Å². The van der Waals surface area contributed by atoms with Gasteiger partial charge in [0, 0.05) is 11.3 Å². The van der Waals surface area contributed by atoms with Crippen molar-refractivity contribution in [1.29, 1.82) is 0 Å². The minimum absolute atomic E-state index is 0.136. The number of halogens is 1. The Morgan fingerprint density at radius 1 is 1.13 bits per heavy atom. The molecule has 0 aliphatic heterocycles. The first kappa shape index (κ1) is 19.5. The molecule has 31 heavy (non-hydrogen) atoms. The molecular formula is C24H24FN5O. The molecule has 1 aliphatic carbocycles. The molecule has 6 nitrogen and oxygen atoms in total. The van der Waals surface area contributed by atoms with Gasteiger partial charge in [-0.05, 0) is 61.6 Å². The van der Waals surface area contributed by atoms with E-state index in [2.05, 4.69) is 34.2 Å². The average molecular weight is 417 g/mol. The zero-order chi connectivity index (χ0) is 21.5. The van der Waals surface area contributed by atoms with E-state index in [9.17, 15) is 9.18 Å². The minimum atomic E-state index is -0.295. The van der Waals surface area contributed by atoms with E-state index in [0.29, 0.717) is 5.69 Å². The molecule has 0 spiro atoms. The average Bonchev–Trinajstić information content (AvgIpc) is 3.47. The third-order valence-corrected chi connectivity index (χ3v) is 5.87. The van der Waals surface area contributed by atoms with E-state index in [0.717, 1.165) is 53.1 Å². The number of benzene rings is 2. The van der Waals surface area contributed by atoms with Crippen molar-refractivity contribution < 1.29 is 9.18 Å². The maximum Gasteiger partial charge on any atom is 0.272 e. The number of aromatic nitrogens is 4. The Morgan fingerprint density at radius 2 is 1.90 bits per heavy atom. The lowest BCUT2D eigenvalue weighted by Crippen LogP contribution is -2.33. The second-order valence-corrected chi connectivity index (χ2v) is 8.35. The lowest BCUT2D eigenvalue weighted by atomic mass is 10.0. The first-order valence-corrected chi connectivity index (χ1v) is 10.6. The summed E-state index contributed by atoms with van der Waals surface area (Å²) in [5.74, 6) is 0.366. The summed E-state index contributed by atoms with van der Waals surface area (Å²) in [6, 6.07) is 13.8. The molecule has 2 heterocycles. The van der Waals surface area contributed by atoms with Crippen molar-refractivity contribution in [1.82, 2.24) is 25.1 Å². The number of hydrogen-bond donors (Lipinski definition) is 2. The van der Waals surface area contributed by atoms with E-state index < -0.39 is 0 Å². The fourth-order valence-corrected chi connectivity index (χ4v) is 4.30. The Bertz CT molecular complexity index is 1220. The molecule has 0 bridgehead atoms. The molecule has 4 aromatic rings. The van der Waals surface area contributed by atoms with E-state index in [-0.39, 0.29) is 23.7 Å². The van der Waals surface area contributed by atoms with Gasteiger partial charge in [-0.3, -0.25) is 4.79 Å². The molecule has 0 radical (unpaired) electrons. The van der Waals surface area contributed by atoms with Crippen molar-refractivity contribution in [3.8, 4) is 5.69 Å². The molecule has 7 heteroatoms. The quantitative estimate of drug-likeness (QED) is 0.502. The SMILES string of the molecule is CC(C)[C@H](NC(=O)c1nn(-c2ccc(F)cc2)c2c1CCC2)c1nc2ccccc2[nH]1. The van der Waals surface area contributed by atoms with E-state index in [1.54, 1.807) is 16.8 Å². The number of nitrogens with zero attached hydrogens (tertiary/aromatic N) is 3. The highest BCUT2D eigenvalue weighted by Gasteiger charge is 2.30. The topological polar surface area (TPSA) is 75.6 Å². The fourth-order valence-electron chi connectivity index (χ4n) is 4.30. The van der Waals surface area contributed by atoms with E-state index in [1.165, 1.54) is 12.1 Å². The second-order valence-electron chi connectivity index (χ2n) is 8.35. The van der Waals surface area contributed by atoms with Gasteiger partial charge in [0.25, 0.3) is 5.91 Å². The number of carbonyl (C=O) groups excluding carboxylic acids is 1. The van der Waals surface area contributed by atoms with Crippen LogP contribution in [0.2, 0.25) is 0 Å². The van der Waals surface area contributed by atoms with Crippen LogP contribution >= 0.6 is 0 Å². The van der Waals surface area contributed by atoms with Gasteiger partial charge >= 0.3 is 0 Å². The molecule has 5 rings (SSSR count). The van der Waals surface area contributed by atoms with Gasteiger partial charge in [-0.15, -0.1) is 0 Å². The molecule has 2 N–H and O–H groups in total. The van der Waals surface area contributed by atoms with Crippen LogP contribution in [-0.2, 0) is 12.8 Å². The number of rotatable bonds is 5. The highest BCUT2D eigenvalue weighted by atomic mass is 19.1. The summed E-state index contributed by atoms with van der Waals surface area (Å²) in [5.41, 5.74) is 5.03. The predicted octanol–water partition coefficient (Wildman–Crippen LogP) is 4.50. The Labute approximate surface area is 179 Å². The second kappa shape index (κ2) is 7.65. The molecule has 1 aliphatic rings. The summed E-state index contributed by atoms with van der Waals surface area (Å²) >= 11 is 0. The van der Waals surface area contributed by atoms with E-state index in [1.807, 2.05) is 24.3 Å². The number of carbonyl (C=O) groups is 1. The molecule has 0 unspecified atom stereocenters. The molecule has 0 fully saturated rings. The molecule has 158 valence electrons. The molecule has 2 aromatic heterocycles. The Balaban J connectivity index is 1.48. The van der Waals surface area contributed by atoms with Gasteiger partial charge in [0.2, 0.25) is 0 Å². The zero-order valence-corrected chi connectivity index (χ0v) is 17.5. The summed E-state index contributed by atoms with van der Waals surface area (Å²) in [5, 5.41) is 7.78. The molecule has 1 amide bonds. The van der Waals surface area contributed by atoms with Crippen molar-refractivity contribution in [2.45, 2.75) is 39.2 Å². The molecular weight excluding hydrogens is 393 g/mol. The van der Waals surface area contributed by atoms with Crippen LogP contribution in [0.4, 0.5) is 4.39 Å². The third kappa shape index (κ3) is 3.50. The molecule has 0 saturated carbocycles. The van der Waals surface area contributed by atoms with Crippen molar-refractivity contribution in [3.05, 3.63) is 77.1 Å². The van der Waals surface area contributed by atoms with Crippen LogP contribution in [0, 0.1) is 11.7 Å². The largest absolute Gasteiger partial charge is 0.340 e. The van der Waals surface area contributed by atoms with Crippen molar-refractivity contribution in [2.75, 3.05) is 0 Å². The summed E-state index contributed by atoms with van der Waals surface area (Å²) < 4.78 is 15.1. The first-order chi connectivity index (χ1) is 15.0. The van der Waals surface area contributed by atoms with Crippen molar-refractivity contribution in [3.63, 3.8) is 0 Å². The standard InChI is InChI=1S/C24H24FN5O/c1-14(2)21(23-26-18-7-3-4-8-19(18)27-23)28-24(31)22-17-6-5-9-20(17)30(29-22)16-12-10-15(25)11-13-16/h3-4,7-8,10-14,21H,5-6,9H2,1-2H3,(H,26,27)(H,28,31)/t21-/m0/s1. The van der Waals surface area contributed by atoms with Gasteiger partial charge < -0.3 is 10.3 Å². The molecule has 2 aromatic carbocycles. The van der Waals surface area contributed by atoms with E-state index >= 15 is 0 Å². The maximum absolute atomic E-state index is 13.4. The van der Waals surface area contributed by atoms with Crippen LogP contribution in [0.5, 0.6) is 0 Å². The predicted molar refractivity (Wildman–Crippen MR) is 117 cm³/mol. The smallest absolute Gasteiger partial charge is 0.272 e. The summed E-state index contributed by atoms with van der Waals surface area (Å²) in [7, 11) is 0. The maximum atomic E-state index is 13.4.